The number of nitrogens with zero attached hydrogens (tertiary/aromatic N) is 3. The highest BCUT2D eigenvalue weighted by molar-refractivity contribution is 7.10. The third-order valence-corrected chi connectivity index (χ3v) is 9.41. The number of fused-ring (bicyclic) bond motifs is 1. The van der Waals surface area contributed by atoms with E-state index in [-0.39, 0.29) is 48.2 Å². The lowest BCUT2D eigenvalue weighted by atomic mass is 9.92. The number of piperazine rings is 1. The van der Waals surface area contributed by atoms with Gasteiger partial charge in [-0.05, 0) is 71.0 Å². The van der Waals surface area contributed by atoms with Gasteiger partial charge in [-0.15, -0.1) is 11.3 Å². The van der Waals surface area contributed by atoms with E-state index in [1.54, 1.807) is 23.5 Å². The molecule has 3 aromatic rings. The van der Waals surface area contributed by atoms with E-state index in [9.17, 15) is 14.0 Å². The lowest BCUT2D eigenvalue weighted by Crippen LogP contribution is -2.58. The van der Waals surface area contributed by atoms with Crippen LogP contribution in [0.25, 0.3) is 0 Å². The molecule has 218 valence electrons. The molecule has 2 atom stereocenters. The number of thiophene rings is 1. The average molecular weight is 577 g/mol. The van der Waals surface area contributed by atoms with Crippen molar-refractivity contribution in [2.75, 3.05) is 38.0 Å². The third-order valence-electron chi connectivity index (χ3n) is 8.41. The third kappa shape index (κ3) is 6.19. The first-order chi connectivity index (χ1) is 19.6. The number of nitrogens with one attached hydrogen (secondary N) is 1. The van der Waals surface area contributed by atoms with E-state index in [1.807, 2.05) is 22.8 Å². The van der Waals surface area contributed by atoms with Gasteiger partial charge in [0, 0.05) is 42.8 Å². The summed E-state index contributed by atoms with van der Waals surface area (Å²) in [7, 11) is 0. The fraction of sp³-hybridized carbons (Fsp3) is 0.455. The number of anilines is 1. The second-order valence-electron chi connectivity index (χ2n) is 11.9. The van der Waals surface area contributed by atoms with Crippen LogP contribution in [0, 0.1) is 5.82 Å². The van der Waals surface area contributed by atoms with Crippen molar-refractivity contribution < 1.29 is 14.0 Å². The lowest BCUT2D eigenvalue weighted by molar-refractivity contribution is -0.135. The Labute approximate surface area is 247 Å². The van der Waals surface area contributed by atoms with Crippen molar-refractivity contribution in [1.29, 1.82) is 0 Å². The number of urea groups is 1. The second-order valence-corrected chi connectivity index (χ2v) is 12.9. The summed E-state index contributed by atoms with van der Waals surface area (Å²) in [5.41, 5.74) is 5.21. The van der Waals surface area contributed by atoms with E-state index in [2.05, 4.69) is 67.6 Å². The summed E-state index contributed by atoms with van der Waals surface area (Å²) < 4.78 is 14.2. The Morgan fingerprint density at radius 3 is 2.37 bits per heavy atom. The summed E-state index contributed by atoms with van der Waals surface area (Å²) in [6.45, 7) is 13.0. The van der Waals surface area contributed by atoms with Crippen LogP contribution < -0.4 is 5.32 Å². The molecule has 1 N–H and O–H groups in total. The van der Waals surface area contributed by atoms with Crippen molar-refractivity contribution in [2.45, 2.75) is 65.0 Å². The molecular weight excluding hydrogens is 535 g/mol. The van der Waals surface area contributed by atoms with Gasteiger partial charge in [0.1, 0.15) is 5.82 Å². The highest BCUT2D eigenvalue weighted by Crippen LogP contribution is 2.38. The highest BCUT2D eigenvalue weighted by Gasteiger charge is 2.35. The normalized spacial score (nSPS) is 19.5. The zero-order chi connectivity index (χ0) is 29.3. The van der Waals surface area contributed by atoms with Gasteiger partial charge in [0.05, 0.1) is 12.6 Å². The summed E-state index contributed by atoms with van der Waals surface area (Å²) in [6, 6.07) is 14.7. The fourth-order valence-electron chi connectivity index (χ4n) is 6.24. The smallest absolute Gasteiger partial charge is 0.322 e. The Kier molecular flexibility index (Phi) is 8.80. The summed E-state index contributed by atoms with van der Waals surface area (Å²) in [5.74, 6) is 0.346. The van der Waals surface area contributed by atoms with Crippen molar-refractivity contribution in [1.82, 2.24) is 14.7 Å². The van der Waals surface area contributed by atoms with Gasteiger partial charge < -0.3 is 15.1 Å². The van der Waals surface area contributed by atoms with Crippen LogP contribution in [-0.4, -0.2) is 65.4 Å². The molecule has 8 heteroatoms. The Bertz CT molecular complexity index is 1380. The number of rotatable bonds is 6. The predicted molar refractivity (Wildman–Crippen MR) is 164 cm³/mol. The van der Waals surface area contributed by atoms with Crippen LogP contribution in [0.5, 0.6) is 0 Å². The van der Waals surface area contributed by atoms with Crippen LogP contribution in [0.3, 0.4) is 0 Å². The molecular formula is C33H41FN4O2S. The van der Waals surface area contributed by atoms with Crippen LogP contribution in [0.2, 0.25) is 0 Å². The molecule has 5 rings (SSSR count). The van der Waals surface area contributed by atoms with E-state index >= 15 is 0 Å². The van der Waals surface area contributed by atoms with Gasteiger partial charge in [-0.1, -0.05) is 58.0 Å². The molecule has 1 saturated heterocycles. The van der Waals surface area contributed by atoms with E-state index in [4.69, 9.17) is 0 Å². The van der Waals surface area contributed by atoms with Crippen molar-refractivity contribution in [3.63, 3.8) is 0 Å². The molecule has 3 amide bonds. The minimum atomic E-state index is -0.268. The Hall–Kier alpha value is -3.23. The van der Waals surface area contributed by atoms with Gasteiger partial charge in [-0.25, -0.2) is 9.18 Å². The lowest BCUT2D eigenvalue weighted by Gasteiger charge is -2.42. The Balaban J connectivity index is 1.26. The first kappa shape index (κ1) is 29.3. The molecule has 1 fully saturated rings. The quantitative estimate of drug-likeness (QED) is 0.349. The van der Waals surface area contributed by atoms with Gasteiger partial charge in [0.2, 0.25) is 5.91 Å². The van der Waals surface area contributed by atoms with Gasteiger partial charge in [-0.2, -0.15) is 0 Å². The number of benzene rings is 2. The Morgan fingerprint density at radius 1 is 1.00 bits per heavy atom. The molecule has 41 heavy (non-hydrogen) atoms. The van der Waals surface area contributed by atoms with Crippen molar-refractivity contribution in [3.05, 3.63) is 86.9 Å². The van der Waals surface area contributed by atoms with E-state index in [0.717, 1.165) is 40.9 Å². The molecule has 2 aromatic carbocycles. The van der Waals surface area contributed by atoms with Crippen LogP contribution in [0.1, 0.15) is 79.6 Å². The molecule has 2 aliphatic rings. The number of carbonyl (C=O) groups is 2. The molecule has 2 aliphatic heterocycles. The predicted octanol–water partition coefficient (Wildman–Crippen LogP) is 6.85. The van der Waals surface area contributed by atoms with Gasteiger partial charge in [0.25, 0.3) is 0 Å². The van der Waals surface area contributed by atoms with Crippen molar-refractivity contribution in [3.8, 4) is 0 Å². The molecule has 0 saturated carbocycles. The molecule has 2 unspecified atom stereocenters. The maximum Gasteiger partial charge on any atom is 0.322 e. The number of carbonyl (C=O) groups excluding carboxylic acids is 2. The van der Waals surface area contributed by atoms with Crippen LogP contribution in [0.4, 0.5) is 14.9 Å². The van der Waals surface area contributed by atoms with Crippen molar-refractivity contribution in [2.24, 2.45) is 0 Å². The van der Waals surface area contributed by atoms with Gasteiger partial charge >= 0.3 is 6.03 Å². The van der Waals surface area contributed by atoms with E-state index in [1.165, 1.54) is 10.9 Å². The van der Waals surface area contributed by atoms with Crippen molar-refractivity contribution >= 4 is 29.0 Å². The number of amides is 3. The molecule has 1 aromatic heterocycles. The summed E-state index contributed by atoms with van der Waals surface area (Å²) >= 11 is 1.73. The molecule has 3 heterocycles. The fourth-order valence-corrected chi connectivity index (χ4v) is 7.14. The van der Waals surface area contributed by atoms with Gasteiger partial charge in [0.15, 0.2) is 0 Å². The average Bonchev–Trinajstić information content (AvgIpc) is 3.41. The molecule has 0 bridgehead atoms. The summed E-state index contributed by atoms with van der Waals surface area (Å²) in [6.07, 6.45) is 0.882. The molecule has 6 nitrogen and oxygen atoms in total. The molecule has 0 spiro atoms. The number of hydrogen-bond donors (Lipinski definition) is 1. The molecule has 0 radical (unpaired) electrons. The van der Waals surface area contributed by atoms with Gasteiger partial charge in [-0.3, -0.25) is 9.69 Å². The number of halogens is 1. The topological polar surface area (TPSA) is 55.9 Å². The zero-order valence-electron chi connectivity index (χ0n) is 24.7. The second kappa shape index (κ2) is 12.3. The maximum absolute atomic E-state index is 14.2. The van der Waals surface area contributed by atoms with Crippen LogP contribution in [0.15, 0.2) is 53.9 Å². The summed E-state index contributed by atoms with van der Waals surface area (Å²) in [4.78, 5) is 34.3. The highest BCUT2D eigenvalue weighted by atomic mass is 32.1. The standard InChI is InChI=1S/C33H41FN4O2S/c1-21(2)26-10-7-11-27(22(3)4)31(26)35-33(40)38-16-15-36(19-23(38)5)30(39)20-37-14-12-29-28(13-17-41-29)32(37)24-8-6-9-25(34)18-24/h6-11,13,17-18,21-23,32H,12,14-16,19-20H2,1-5H3,(H,35,40). The SMILES string of the molecule is CC(C)c1cccc(C(C)C)c1NC(=O)N1CCN(C(=O)CN2CCc3sccc3C2c2cccc(F)c2)CC1C. The maximum atomic E-state index is 14.2. The van der Waals surface area contributed by atoms with E-state index in [0.29, 0.717) is 19.6 Å². The zero-order valence-corrected chi connectivity index (χ0v) is 25.5. The number of hydrogen-bond acceptors (Lipinski definition) is 4. The van der Waals surface area contributed by atoms with E-state index < -0.39 is 0 Å². The number of para-hydroxylation sites is 1. The first-order valence-electron chi connectivity index (χ1n) is 14.7. The minimum absolute atomic E-state index is 0.0456. The van der Waals surface area contributed by atoms with Crippen LogP contribution >= 0.6 is 11.3 Å². The minimum Gasteiger partial charge on any atom is -0.338 e. The van der Waals surface area contributed by atoms with Crippen LogP contribution in [-0.2, 0) is 11.2 Å². The monoisotopic (exact) mass is 576 g/mol. The summed E-state index contributed by atoms with van der Waals surface area (Å²) in [5, 5.41) is 5.31. The Morgan fingerprint density at radius 2 is 1.71 bits per heavy atom. The molecule has 0 aliphatic carbocycles. The largest absolute Gasteiger partial charge is 0.338 e. The first-order valence-corrected chi connectivity index (χ1v) is 15.6.